The number of rotatable bonds is 6. The van der Waals surface area contributed by atoms with Gasteiger partial charge in [-0.15, -0.1) is 0 Å². The zero-order chi connectivity index (χ0) is 24.5. The molecule has 10 heteroatoms. The first-order valence-electron chi connectivity index (χ1n) is 12.5. The molecule has 35 heavy (non-hydrogen) atoms. The lowest BCUT2D eigenvalue weighted by atomic mass is 9.93. The average Bonchev–Trinajstić information content (AvgIpc) is 3.50. The topological polar surface area (TPSA) is 89.5 Å². The smallest absolute Gasteiger partial charge is 0.291 e. The molecule has 5 rings (SSSR count). The molecule has 9 nitrogen and oxygen atoms in total. The maximum Gasteiger partial charge on any atom is 0.291 e. The van der Waals surface area contributed by atoms with Gasteiger partial charge in [0.05, 0.1) is 5.69 Å². The zero-order valence-corrected chi connectivity index (χ0v) is 20.6. The lowest BCUT2D eigenvalue weighted by molar-refractivity contribution is -0.136. The van der Waals surface area contributed by atoms with Gasteiger partial charge >= 0.3 is 0 Å². The molecule has 1 aromatic carbocycles. The van der Waals surface area contributed by atoms with Gasteiger partial charge in [0.15, 0.2) is 0 Å². The van der Waals surface area contributed by atoms with Crippen molar-refractivity contribution in [2.45, 2.75) is 57.4 Å². The van der Waals surface area contributed by atoms with Crippen LogP contribution in [0.2, 0.25) is 0 Å². The molecule has 0 unspecified atom stereocenters. The SMILES string of the molecule is COCC(=O)N1CCC(N2CCC(c3nc(-n4nc(C(C)C)c5cccc(F)c54)no3)CC2)CC1. The Kier molecular flexibility index (Phi) is 6.84. The van der Waals surface area contributed by atoms with Crippen molar-refractivity contribution in [3.8, 4) is 5.95 Å². The molecule has 2 aromatic heterocycles. The fourth-order valence-corrected chi connectivity index (χ4v) is 5.41. The van der Waals surface area contributed by atoms with Gasteiger partial charge in [0.1, 0.15) is 17.9 Å². The van der Waals surface area contributed by atoms with Crippen molar-refractivity contribution in [3.05, 3.63) is 35.6 Å². The zero-order valence-electron chi connectivity index (χ0n) is 20.6. The van der Waals surface area contributed by atoms with E-state index in [0.29, 0.717) is 17.4 Å². The van der Waals surface area contributed by atoms with E-state index in [1.165, 1.54) is 10.7 Å². The van der Waals surface area contributed by atoms with Crippen LogP contribution in [-0.2, 0) is 9.53 Å². The van der Waals surface area contributed by atoms with E-state index in [0.717, 1.165) is 62.9 Å². The van der Waals surface area contributed by atoms with Crippen molar-refractivity contribution in [1.29, 1.82) is 0 Å². The Morgan fingerprint density at radius 3 is 2.60 bits per heavy atom. The number of nitrogens with zero attached hydrogens (tertiary/aromatic N) is 6. The van der Waals surface area contributed by atoms with E-state index in [9.17, 15) is 9.18 Å². The predicted molar refractivity (Wildman–Crippen MR) is 128 cm³/mol. The van der Waals surface area contributed by atoms with Gasteiger partial charge in [-0.05, 0) is 55.9 Å². The maximum atomic E-state index is 14.7. The Morgan fingerprint density at radius 1 is 1.17 bits per heavy atom. The number of ether oxygens (including phenoxy) is 1. The highest BCUT2D eigenvalue weighted by Crippen LogP contribution is 2.32. The quantitative estimate of drug-likeness (QED) is 0.529. The first kappa shape index (κ1) is 23.9. The Bertz CT molecular complexity index is 1180. The van der Waals surface area contributed by atoms with Gasteiger partial charge in [0.25, 0.3) is 5.95 Å². The predicted octanol–water partition coefficient (Wildman–Crippen LogP) is 3.49. The third-order valence-corrected chi connectivity index (χ3v) is 7.33. The molecule has 188 valence electrons. The van der Waals surface area contributed by atoms with Crippen LogP contribution >= 0.6 is 0 Å². The molecule has 0 spiro atoms. The van der Waals surface area contributed by atoms with Gasteiger partial charge in [-0.25, -0.2) is 4.39 Å². The number of methoxy groups -OCH3 is 1. The number of likely N-dealkylation sites (tertiary alicyclic amines) is 2. The molecule has 2 aliphatic rings. The van der Waals surface area contributed by atoms with Crippen LogP contribution in [0.25, 0.3) is 16.9 Å². The van der Waals surface area contributed by atoms with Crippen molar-refractivity contribution >= 4 is 16.8 Å². The van der Waals surface area contributed by atoms with E-state index in [2.05, 4.69) is 20.1 Å². The number of piperidine rings is 2. The van der Waals surface area contributed by atoms with Crippen molar-refractivity contribution in [2.75, 3.05) is 39.9 Å². The van der Waals surface area contributed by atoms with E-state index in [1.807, 2.05) is 24.8 Å². The number of fused-ring (bicyclic) bond motifs is 1. The van der Waals surface area contributed by atoms with Crippen molar-refractivity contribution < 1.29 is 18.4 Å². The molecule has 0 atom stereocenters. The molecular formula is C25H33FN6O3. The Morgan fingerprint density at radius 2 is 1.91 bits per heavy atom. The first-order chi connectivity index (χ1) is 17.0. The number of benzene rings is 1. The first-order valence-corrected chi connectivity index (χ1v) is 12.5. The standard InChI is InChI=1S/C25H33FN6O3/c1-16(2)22-19-5-4-6-20(26)23(19)32(28-22)25-27-24(35-29-25)17-7-11-30(12-8-17)18-9-13-31(14-10-18)21(33)15-34-3/h4-6,16-18H,7-15H2,1-3H3. The molecule has 2 fully saturated rings. The second-order valence-corrected chi connectivity index (χ2v) is 9.88. The summed E-state index contributed by atoms with van der Waals surface area (Å²) in [4.78, 5) is 21.1. The Balaban J connectivity index is 1.24. The third-order valence-electron chi connectivity index (χ3n) is 7.33. The molecule has 3 aromatic rings. The highest BCUT2D eigenvalue weighted by molar-refractivity contribution is 5.84. The lowest BCUT2D eigenvalue weighted by Crippen LogP contribution is -2.49. The van der Waals surface area contributed by atoms with E-state index in [4.69, 9.17) is 9.26 Å². The monoisotopic (exact) mass is 484 g/mol. The lowest BCUT2D eigenvalue weighted by Gasteiger charge is -2.41. The summed E-state index contributed by atoms with van der Waals surface area (Å²) in [6.07, 6.45) is 3.83. The number of halogens is 1. The number of para-hydroxylation sites is 1. The summed E-state index contributed by atoms with van der Waals surface area (Å²) in [5, 5.41) is 9.56. The molecule has 1 amide bonds. The maximum absolute atomic E-state index is 14.7. The largest absolute Gasteiger partial charge is 0.375 e. The molecule has 0 aliphatic carbocycles. The normalized spacial score (nSPS) is 18.7. The van der Waals surface area contributed by atoms with Gasteiger partial charge < -0.3 is 19.1 Å². The van der Waals surface area contributed by atoms with Gasteiger partial charge in [-0.3, -0.25) is 4.79 Å². The van der Waals surface area contributed by atoms with Gasteiger partial charge in [-0.1, -0.05) is 26.0 Å². The molecule has 0 N–H and O–H groups in total. The van der Waals surface area contributed by atoms with Gasteiger partial charge in [0.2, 0.25) is 11.8 Å². The Labute approximate surface area is 204 Å². The summed E-state index contributed by atoms with van der Waals surface area (Å²) in [7, 11) is 1.56. The minimum atomic E-state index is -0.350. The number of amides is 1. The highest BCUT2D eigenvalue weighted by Gasteiger charge is 2.32. The third kappa shape index (κ3) is 4.69. The van der Waals surface area contributed by atoms with Crippen LogP contribution in [0.5, 0.6) is 0 Å². The number of hydrogen-bond donors (Lipinski definition) is 0. The van der Waals surface area contributed by atoms with Crippen LogP contribution in [0.1, 0.15) is 63.0 Å². The van der Waals surface area contributed by atoms with Crippen molar-refractivity contribution in [1.82, 2.24) is 29.7 Å². The summed E-state index contributed by atoms with van der Waals surface area (Å²) >= 11 is 0. The van der Waals surface area contributed by atoms with E-state index in [-0.39, 0.29) is 36.1 Å². The van der Waals surface area contributed by atoms with Crippen LogP contribution in [0.3, 0.4) is 0 Å². The summed E-state index contributed by atoms with van der Waals surface area (Å²) in [6, 6.07) is 5.51. The molecule has 0 saturated carbocycles. The molecular weight excluding hydrogens is 451 g/mol. The van der Waals surface area contributed by atoms with Crippen LogP contribution in [0.4, 0.5) is 4.39 Å². The van der Waals surface area contributed by atoms with Crippen LogP contribution in [0, 0.1) is 5.82 Å². The van der Waals surface area contributed by atoms with Crippen molar-refractivity contribution in [3.63, 3.8) is 0 Å². The summed E-state index contributed by atoms with van der Waals surface area (Å²) in [6.45, 7) is 7.70. The molecule has 0 radical (unpaired) electrons. The molecule has 0 bridgehead atoms. The fourth-order valence-electron chi connectivity index (χ4n) is 5.41. The van der Waals surface area contributed by atoms with Crippen LogP contribution < -0.4 is 0 Å². The van der Waals surface area contributed by atoms with E-state index < -0.39 is 0 Å². The van der Waals surface area contributed by atoms with Gasteiger partial charge in [0, 0.05) is 37.5 Å². The van der Waals surface area contributed by atoms with Gasteiger partial charge in [-0.2, -0.15) is 14.8 Å². The number of carbonyl (C=O) groups is 1. The van der Waals surface area contributed by atoms with E-state index in [1.54, 1.807) is 13.2 Å². The highest BCUT2D eigenvalue weighted by atomic mass is 19.1. The Hall–Kier alpha value is -2.85. The number of aromatic nitrogens is 4. The average molecular weight is 485 g/mol. The molecule has 4 heterocycles. The van der Waals surface area contributed by atoms with Crippen LogP contribution in [0.15, 0.2) is 22.7 Å². The summed E-state index contributed by atoms with van der Waals surface area (Å²) in [5.41, 5.74) is 1.20. The minimum Gasteiger partial charge on any atom is -0.375 e. The summed E-state index contributed by atoms with van der Waals surface area (Å²) in [5.74, 6) is 0.898. The second kappa shape index (κ2) is 10.0. The number of carbonyl (C=O) groups excluding carboxylic acids is 1. The van der Waals surface area contributed by atoms with Crippen molar-refractivity contribution in [2.24, 2.45) is 0 Å². The number of hydrogen-bond acceptors (Lipinski definition) is 7. The van der Waals surface area contributed by atoms with Crippen LogP contribution in [-0.4, -0.2) is 81.6 Å². The summed E-state index contributed by atoms with van der Waals surface area (Å²) < 4.78 is 26.8. The molecule has 2 aliphatic heterocycles. The minimum absolute atomic E-state index is 0.0715. The fraction of sp³-hybridized carbons (Fsp3) is 0.600. The molecule has 2 saturated heterocycles. The van der Waals surface area contributed by atoms with E-state index >= 15 is 0 Å². The second-order valence-electron chi connectivity index (χ2n) is 9.88.